The van der Waals surface area contributed by atoms with Gasteiger partial charge in [-0.25, -0.2) is 4.98 Å². The molecule has 23 heavy (non-hydrogen) atoms. The number of rotatable bonds is 5. The molecule has 1 aromatic heterocycles. The molecule has 0 spiro atoms. The van der Waals surface area contributed by atoms with E-state index in [9.17, 15) is 0 Å². The standard InChI is InChI=1S/C16H18N4O3/c1-2-12(21-7-1)9-18-15-5-6-17-16(20-15)19-11-3-4-13-14(8-11)23-10-22-13/h3-6,8,12H,1-2,7,9-10H2,(H2,17,18,19,20). The molecule has 1 fully saturated rings. The fraction of sp³-hybridized carbons (Fsp3) is 0.375. The van der Waals surface area contributed by atoms with Crippen molar-refractivity contribution in [1.29, 1.82) is 0 Å². The number of nitrogens with one attached hydrogen (secondary N) is 2. The first-order valence-corrected chi connectivity index (χ1v) is 7.72. The lowest BCUT2D eigenvalue weighted by Crippen LogP contribution is -2.19. The van der Waals surface area contributed by atoms with Crippen molar-refractivity contribution in [2.24, 2.45) is 0 Å². The van der Waals surface area contributed by atoms with Gasteiger partial charge in [-0.15, -0.1) is 0 Å². The van der Waals surface area contributed by atoms with Gasteiger partial charge in [0.05, 0.1) is 6.10 Å². The summed E-state index contributed by atoms with van der Waals surface area (Å²) in [6.45, 7) is 1.88. The number of hydrogen-bond acceptors (Lipinski definition) is 7. The molecule has 0 radical (unpaired) electrons. The van der Waals surface area contributed by atoms with Gasteiger partial charge >= 0.3 is 0 Å². The lowest BCUT2D eigenvalue weighted by atomic mass is 10.2. The maximum Gasteiger partial charge on any atom is 0.231 e. The molecule has 1 unspecified atom stereocenters. The summed E-state index contributed by atoms with van der Waals surface area (Å²) in [7, 11) is 0. The van der Waals surface area contributed by atoms with Crippen molar-refractivity contribution >= 4 is 17.5 Å². The minimum Gasteiger partial charge on any atom is -0.454 e. The molecule has 120 valence electrons. The number of nitrogens with zero attached hydrogens (tertiary/aromatic N) is 2. The molecule has 1 aromatic carbocycles. The third-order valence-electron chi connectivity index (χ3n) is 3.82. The maximum absolute atomic E-state index is 5.60. The van der Waals surface area contributed by atoms with Crippen LogP contribution in [0.25, 0.3) is 0 Å². The van der Waals surface area contributed by atoms with E-state index in [1.54, 1.807) is 6.20 Å². The normalized spacial score (nSPS) is 18.9. The number of fused-ring (bicyclic) bond motifs is 1. The summed E-state index contributed by atoms with van der Waals surface area (Å²) in [5.74, 6) is 2.78. The molecule has 7 heteroatoms. The first-order valence-electron chi connectivity index (χ1n) is 7.72. The van der Waals surface area contributed by atoms with Crippen molar-refractivity contribution < 1.29 is 14.2 Å². The summed E-state index contributed by atoms with van der Waals surface area (Å²) >= 11 is 0. The largest absolute Gasteiger partial charge is 0.454 e. The molecule has 3 heterocycles. The fourth-order valence-corrected chi connectivity index (χ4v) is 2.64. The Kier molecular flexibility index (Phi) is 3.85. The van der Waals surface area contributed by atoms with Crippen molar-refractivity contribution in [1.82, 2.24) is 9.97 Å². The maximum atomic E-state index is 5.60. The molecule has 2 aliphatic heterocycles. The van der Waals surface area contributed by atoms with Crippen LogP contribution in [0.3, 0.4) is 0 Å². The highest BCUT2D eigenvalue weighted by molar-refractivity contribution is 5.60. The van der Waals surface area contributed by atoms with Crippen molar-refractivity contribution in [2.45, 2.75) is 18.9 Å². The molecule has 0 saturated carbocycles. The fourth-order valence-electron chi connectivity index (χ4n) is 2.64. The zero-order valence-corrected chi connectivity index (χ0v) is 12.6. The Bertz CT molecular complexity index is 689. The Morgan fingerprint density at radius 1 is 1.17 bits per heavy atom. The average Bonchev–Trinajstić information content (AvgIpc) is 3.24. The molecule has 0 bridgehead atoms. The van der Waals surface area contributed by atoms with E-state index >= 15 is 0 Å². The molecule has 2 N–H and O–H groups in total. The average molecular weight is 314 g/mol. The lowest BCUT2D eigenvalue weighted by molar-refractivity contribution is 0.120. The predicted octanol–water partition coefficient (Wildman–Crippen LogP) is 2.54. The zero-order chi connectivity index (χ0) is 15.5. The molecule has 2 aromatic rings. The summed E-state index contributed by atoms with van der Waals surface area (Å²) in [5.41, 5.74) is 0.852. The molecule has 1 saturated heterocycles. The summed E-state index contributed by atoms with van der Waals surface area (Å²) in [5, 5.41) is 6.47. The molecular formula is C16H18N4O3. The van der Waals surface area contributed by atoms with Gasteiger partial charge in [-0.2, -0.15) is 4.98 Å². The number of ether oxygens (including phenoxy) is 3. The van der Waals surface area contributed by atoms with Crippen molar-refractivity contribution in [3.63, 3.8) is 0 Å². The highest BCUT2D eigenvalue weighted by Gasteiger charge is 2.15. The second-order valence-electron chi connectivity index (χ2n) is 5.47. The minimum absolute atomic E-state index is 0.262. The third kappa shape index (κ3) is 3.29. The van der Waals surface area contributed by atoms with E-state index in [0.29, 0.717) is 5.95 Å². The van der Waals surface area contributed by atoms with Gasteiger partial charge in [0.25, 0.3) is 0 Å². The highest BCUT2D eigenvalue weighted by atomic mass is 16.7. The van der Waals surface area contributed by atoms with E-state index in [1.807, 2.05) is 24.3 Å². The first-order chi connectivity index (χ1) is 11.4. The zero-order valence-electron chi connectivity index (χ0n) is 12.6. The minimum atomic E-state index is 0.262. The molecule has 0 aliphatic carbocycles. The van der Waals surface area contributed by atoms with Crippen molar-refractivity contribution in [3.05, 3.63) is 30.5 Å². The smallest absolute Gasteiger partial charge is 0.231 e. The Hall–Kier alpha value is -2.54. The summed E-state index contributed by atoms with van der Waals surface area (Å²) in [6.07, 6.45) is 4.23. The van der Waals surface area contributed by atoms with Gasteiger partial charge in [0, 0.05) is 31.1 Å². The number of anilines is 3. The van der Waals surface area contributed by atoms with Crippen LogP contribution < -0.4 is 20.1 Å². The summed E-state index contributed by atoms with van der Waals surface area (Å²) < 4.78 is 16.3. The quantitative estimate of drug-likeness (QED) is 0.878. The molecule has 0 amide bonds. The topological polar surface area (TPSA) is 77.5 Å². The number of aromatic nitrogens is 2. The molecule has 7 nitrogen and oxygen atoms in total. The van der Waals surface area contributed by atoms with Crippen LogP contribution in [0.4, 0.5) is 17.5 Å². The summed E-state index contributed by atoms with van der Waals surface area (Å²) in [4.78, 5) is 8.70. The molecule has 4 rings (SSSR count). The van der Waals surface area contributed by atoms with E-state index in [-0.39, 0.29) is 12.9 Å². The van der Waals surface area contributed by atoms with Crippen LogP contribution in [0.2, 0.25) is 0 Å². The first kappa shape index (κ1) is 14.1. The van der Waals surface area contributed by atoms with E-state index in [1.165, 1.54) is 0 Å². The number of hydrogen-bond donors (Lipinski definition) is 2. The van der Waals surface area contributed by atoms with E-state index in [4.69, 9.17) is 14.2 Å². The van der Waals surface area contributed by atoms with Crippen LogP contribution in [0.15, 0.2) is 30.5 Å². The van der Waals surface area contributed by atoms with Crippen LogP contribution in [0, 0.1) is 0 Å². The van der Waals surface area contributed by atoms with Gasteiger partial charge in [0.1, 0.15) is 5.82 Å². The van der Waals surface area contributed by atoms with Gasteiger partial charge in [-0.3, -0.25) is 0 Å². The van der Waals surface area contributed by atoms with Gasteiger partial charge in [-0.05, 0) is 31.0 Å². The number of benzene rings is 1. The monoisotopic (exact) mass is 314 g/mol. The van der Waals surface area contributed by atoms with Crippen LogP contribution in [-0.4, -0.2) is 36.0 Å². The van der Waals surface area contributed by atoms with E-state index in [0.717, 1.165) is 49.0 Å². The lowest BCUT2D eigenvalue weighted by Gasteiger charge is -2.12. The van der Waals surface area contributed by atoms with Gasteiger partial charge in [-0.1, -0.05) is 0 Å². The van der Waals surface area contributed by atoms with Crippen LogP contribution in [-0.2, 0) is 4.74 Å². The molecule has 1 atom stereocenters. The Labute approximate surface area is 134 Å². The third-order valence-corrected chi connectivity index (χ3v) is 3.82. The van der Waals surface area contributed by atoms with Gasteiger partial charge in [0.15, 0.2) is 11.5 Å². The second kappa shape index (κ2) is 6.29. The van der Waals surface area contributed by atoms with Gasteiger partial charge in [0.2, 0.25) is 12.7 Å². The Morgan fingerprint density at radius 2 is 2.13 bits per heavy atom. The molecular weight excluding hydrogens is 296 g/mol. The van der Waals surface area contributed by atoms with Crippen LogP contribution >= 0.6 is 0 Å². The highest BCUT2D eigenvalue weighted by Crippen LogP contribution is 2.34. The second-order valence-corrected chi connectivity index (χ2v) is 5.47. The Morgan fingerprint density at radius 3 is 3.04 bits per heavy atom. The van der Waals surface area contributed by atoms with E-state index < -0.39 is 0 Å². The SMILES string of the molecule is c1cc(NCC2CCCO2)nc(Nc2ccc3c(c2)OCO3)n1. The molecule has 2 aliphatic rings. The van der Waals surface area contributed by atoms with E-state index in [2.05, 4.69) is 20.6 Å². The Balaban J connectivity index is 1.41. The van der Waals surface area contributed by atoms with Gasteiger partial charge < -0.3 is 24.8 Å². The van der Waals surface area contributed by atoms with Crippen LogP contribution in [0.1, 0.15) is 12.8 Å². The van der Waals surface area contributed by atoms with Crippen LogP contribution in [0.5, 0.6) is 11.5 Å². The van der Waals surface area contributed by atoms with Crippen molar-refractivity contribution in [2.75, 3.05) is 30.6 Å². The van der Waals surface area contributed by atoms with Crippen molar-refractivity contribution in [3.8, 4) is 11.5 Å². The summed E-state index contributed by atoms with van der Waals surface area (Å²) in [6, 6.07) is 7.49. The predicted molar refractivity (Wildman–Crippen MR) is 85.3 cm³/mol.